The summed E-state index contributed by atoms with van der Waals surface area (Å²) in [6.07, 6.45) is 6.50. The number of hydrogen-bond acceptors (Lipinski definition) is 2. The van der Waals surface area contributed by atoms with Gasteiger partial charge in [0.1, 0.15) is 0 Å². The highest BCUT2D eigenvalue weighted by Gasteiger charge is 1.74. The van der Waals surface area contributed by atoms with Gasteiger partial charge < -0.3 is 0 Å². The molecule has 0 rings (SSSR count). The van der Waals surface area contributed by atoms with Gasteiger partial charge in [-0.3, -0.25) is 4.31 Å². The van der Waals surface area contributed by atoms with Crippen molar-refractivity contribution in [1.29, 1.82) is 0 Å². The molecular weight excluding hydrogens is 82.1 g/mol. The lowest BCUT2D eigenvalue weighted by Gasteiger charge is -1.97. The lowest BCUT2D eigenvalue weighted by molar-refractivity contribution is 0.708. The molecule has 0 saturated carbocycles. The third-order valence-corrected chi connectivity index (χ3v) is 0.548. The Bertz CT molecular complexity index is 20.9. The molecule has 2 heteroatoms. The van der Waals surface area contributed by atoms with Gasteiger partial charge in [0.25, 0.3) is 0 Å². The van der Waals surface area contributed by atoms with Gasteiger partial charge in [-0.25, -0.2) is 0 Å². The van der Waals surface area contributed by atoms with Crippen LogP contribution in [0.3, 0.4) is 0 Å². The fraction of sp³-hybridized carbons (Fsp3) is 0.667. The Balaban J connectivity index is 2.54. The van der Waals surface area contributed by atoms with Gasteiger partial charge in [-0.2, -0.15) is 0 Å². The van der Waals surface area contributed by atoms with E-state index < -0.39 is 0 Å². The predicted octanol–water partition coefficient (Wildman–Crippen LogP) is 0.742. The van der Waals surface area contributed by atoms with Crippen LogP contribution in [-0.2, 0) is 0 Å². The molecule has 0 bridgehead atoms. The van der Waals surface area contributed by atoms with Crippen molar-refractivity contribution in [3.8, 4) is 0 Å². The first kappa shape index (κ1) is 5.31. The molecule has 5 heavy (non-hydrogen) atoms. The molecule has 0 aromatic rings. The Kier molecular flexibility index (Phi) is 2.70. The van der Waals surface area contributed by atoms with Crippen LogP contribution in [0.2, 0.25) is 0 Å². The van der Waals surface area contributed by atoms with Gasteiger partial charge in [-0.1, -0.05) is 11.9 Å². The van der Waals surface area contributed by atoms with Crippen LogP contribution < -0.4 is 0 Å². The summed E-state index contributed by atoms with van der Waals surface area (Å²) in [6.45, 7) is 0. The highest BCUT2D eigenvalue weighted by Crippen LogP contribution is 1.94. The Labute approximate surface area is 37.5 Å². The molecule has 0 amide bonds. The first-order valence-corrected chi connectivity index (χ1v) is 2.05. The van der Waals surface area contributed by atoms with Crippen molar-refractivity contribution in [2.24, 2.45) is 0 Å². The maximum absolute atomic E-state index is 6.50. The van der Waals surface area contributed by atoms with Gasteiger partial charge in [-0.15, -0.1) is 0 Å². The van der Waals surface area contributed by atoms with E-state index in [1.807, 2.05) is 14.1 Å². The van der Waals surface area contributed by atoms with E-state index in [1.54, 1.807) is 4.31 Å². The Hall–Kier alpha value is 0.310. The molecular formula is C3H6NS. The molecule has 3 radical (unpaired) electrons. The van der Waals surface area contributed by atoms with Crippen LogP contribution in [0.4, 0.5) is 0 Å². The molecule has 29 valence electrons. The molecule has 0 aromatic heterocycles. The summed E-state index contributed by atoms with van der Waals surface area (Å²) in [5.74, 6) is 0. The maximum atomic E-state index is 6.50. The van der Waals surface area contributed by atoms with Crippen molar-refractivity contribution in [3.05, 3.63) is 6.26 Å². The van der Waals surface area contributed by atoms with Gasteiger partial charge in [0.2, 0.25) is 0 Å². The molecule has 0 fully saturated rings. The number of rotatable bonds is 1. The van der Waals surface area contributed by atoms with Gasteiger partial charge in [0, 0.05) is 0 Å². The lowest BCUT2D eigenvalue weighted by Crippen LogP contribution is -1.94. The van der Waals surface area contributed by atoms with E-state index in [0.717, 1.165) is 11.9 Å². The van der Waals surface area contributed by atoms with Gasteiger partial charge >= 0.3 is 0 Å². The molecule has 1 nitrogen and oxygen atoms in total. The molecule has 0 spiro atoms. The lowest BCUT2D eigenvalue weighted by atomic mass is 11.3. The summed E-state index contributed by atoms with van der Waals surface area (Å²) in [4.78, 5) is 0. The van der Waals surface area contributed by atoms with Crippen molar-refractivity contribution in [2.45, 2.75) is 0 Å². The second kappa shape index (κ2) is 2.54. The average molecular weight is 88.2 g/mol. The van der Waals surface area contributed by atoms with Gasteiger partial charge in [0.05, 0.1) is 6.26 Å². The Morgan fingerprint density at radius 1 is 1.60 bits per heavy atom. The summed E-state index contributed by atoms with van der Waals surface area (Å²) in [5, 5.41) is 0. The molecule has 0 aliphatic carbocycles. The quantitative estimate of drug-likeness (QED) is 0.435. The minimum absolute atomic E-state index is 0.963. The molecule has 0 heterocycles. The zero-order valence-electron chi connectivity index (χ0n) is 3.36. The van der Waals surface area contributed by atoms with Crippen LogP contribution >= 0.6 is 11.9 Å². The average Bonchev–Trinajstić information content (AvgIpc) is 1.38. The highest BCUT2D eigenvalue weighted by atomic mass is 32.2. The van der Waals surface area contributed by atoms with E-state index in [9.17, 15) is 0 Å². The van der Waals surface area contributed by atoms with Crippen molar-refractivity contribution in [1.82, 2.24) is 4.31 Å². The second-order valence-corrected chi connectivity index (χ2v) is 1.82. The third kappa shape index (κ3) is 4.31. The fourth-order valence-electron chi connectivity index (χ4n) is 0. The van der Waals surface area contributed by atoms with Crippen LogP contribution in [0.1, 0.15) is 0 Å². The van der Waals surface area contributed by atoms with Crippen molar-refractivity contribution < 1.29 is 0 Å². The molecule has 0 aromatic carbocycles. The zero-order valence-corrected chi connectivity index (χ0v) is 4.17. The SMILES string of the molecule is [C]SN(C)C. The monoisotopic (exact) mass is 88.0 g/mol. The third-order valence-electron chi connectivity index (χ3n) is 0.183. The van der Waals surface area contributed by atoms with E-state index in [4.69, 9.17) is 6.26 Å². The topological polar surface area (TPSA) is 3.24 Å². The first-order valence-electron chi connectivity index (χ1n) is 1.28. The van der Waals surface area contributed by atoms with Crippen LogP contribution in [0.25, 0.3) is 0 Å². The standard InChI is InChI=1S/C3H6NS/c1-4(2)5-3/h1-2H3. The predicted molar refractivity (Wildman–Crippen MR) is 24.5 cm³/mol. The van der Waals surface area contributed by atoms with Crippen LogP contribution in [0.5, 0.6) is 0 Å². The van der Waals surface area contributed by atoms with E-state index in [0.29, 0.717) is 0 Å². The minimum Gasteiger partial charge on any atom is -0.256 e. The van der Waals surface area contributed by atoms with E-state index in [1.165, 1.54) is 0 Å². The van der Waals surface area contributed by atoms with E-state index in [2.05, 4.69) is 0 Å². The van der Waals surface area contributed by atoms with Crippen LogP contribution in [0, 0.1) is 6.26 Å². The summed E-state index contributed by atoms with van der Waals surface area (Å²) < 4.78 is 1.71. The smallest absolute Gasteiger partial charge is 0.0874 e. The number of nitrogens with zero attached hydrogens (tertiary/aromatic N) is 1. The zero-order chi connectivity index (χ0) is 4.28. The second-order valence-electron chi connectivity index (χ2n) is 0.904. The van der Waals surface area contributed by atoms with E-state index >= 15 is 0 Å². The van der Waals surface area contributed by atoms with Gasteiger partial charge in [0.15, 0.2) is 0 Å². The van der Waals surface area contributed by atoms with Crippen molar-refractivity contribution in [2.75, 3.05) is 14.1 Å². The summed E-state index contributed by atoms with van der Waals surface area (Å²) in [6, 6.07) is 0. The van der Waals surface area contributed by atoms with Crippen molar-refractivity contribution >= 4 is 11.9 Å². The van der Waals surface area contributed by atoms with Crippen LogP contribution in [-0.4, -0.2) is 18.4 Å². The maximum Gasteiger partial charge on any atom is 0.0874 e. The Morgan fingerprint density at radius 3 is 1.80 bits per heavy atom. The molecule has 0 saturated heterocycles. The molecule has 0 unspecified atom stereocenters. The highest BCUT2D eigenvalue weighted by molar-refractivity contribution is 7.98. The van der Waals surface area contributed by atoms with Crippen LogP contribution in [0.15, 0.2) is 0 Å². The molecule has 0 aliphatic heterocycles. The molecule has 0 aliphatic rings. The van der Waals surface area contributed by atoms with Gasteiger partial charge in [-0.05, 0) is 14.1 Å². The molecule has 0 N–H and O–H groups in total. The largest absolute Gasteiger partial charge is 0.256 e. The van der Waals surface area contributed by atoms with E-state index in [-0.39, 0.29) is 0 Å². The Morgan fingerprint density at radius 2 is 1.80 bits per heavy atom. The minimum atomic E-state index is 0.963. The summed E-state index contributed by atoms with van der Waals surface area (Å²) in [7, 11) is 3.66. The fourth-order valence-corrected chi connectivity index (χ4v) is 0. The first-order chi connectivity index (χ1) is 2.27. The summed E-state index contributed by atoms with van der Waals surface area (Å²) >= 11 is 0.963. The normalized spacial score (nSPS) is 9.60. The summed E-state index contributed by atoms with van der Waals surface area (Å²) in [5.41, 5.74) is 0. The van der Waals surface area contributed by atoms with Crippen molar-refractivity contribution in [3.63, 3.8) is 0 Å². The molecule has 0 atom stereocenters. The number of hydrogen-bond donors (Lipinski definition) is 0.